The van der Waals surface area contributed by atoms with Gasteiger partial charge in [-0.3, -0.25) is 0 Å². The number of fused-ring (bicyclic) bond motifs is 1. The number of nitrogens with zero attached hydrogens (tertiary/aromatic N) is 2. The van der Waals surface area contributed by atoms with E-state index in [1.54, 1.807) is 19.1 Å². The zero-order valence-corrected chi connectivity index (χ0v) is 17.2. The van der Waals surface area contributed by atoms with Crippen LogP contribution >= 0.6 is 0 Å². The Kier molecular flexibility index (Phi) is 5.36. The number of rotatable bonds is 5. The van der Waals surface area contributed by atoms with Gasteiger partial charge in [0.1, 0.15) is 11.5 Å². The monoisotopic (exact) mass is 402 g/mol. The molecule has 0 unspecified atom stereocenters. The van der Waals surface area contributed by atoms with Gasteiger partial charge in [-0.05, 0) is 54.8 Å². The minimum absolute atomic E-state index is 0.0487. The molecule has 5 heteroatoms. The van der Waals surface area contributed by atoms with E-state index in [4.69, 9.17) is 9.84 Å². The maximum atomic E-state index is 13.6. The largest absolute Gasteiger partial charge is 0.462 e. The Labute approximate surface area is 174 Å². The van der Waals surface area contributed by atoms with E-state index in [1.807, 2.05) is 60.8 Å². The van der Waals surface area contributed by atoms with Gasteiger partial charge in [-0.2, -0.15) is 5.10 Å². The number of halogens is 1. The third-order valence-electron chi connectivity index (χ3n) is 5.08. The molecular formula is C25H23FN2O2. The summed E-state index contributed by atoms with van der Waals surface area (Å²) in [7, 11) is 0. The van der Waals surface area contributed by atoms with Crippen molar-refractivity contribution in [3.63, 3.8) is 0 Å². The molecule has 0 fully saturated rings. The lowest BCUT2D eigenvalue weighted by Gasteiger charge is -2.18. The summed E-state index contributed by atoms with van der Waals surface area (Å²) in [6.07, 6.45) is 0. The maximum Gasteiger partial charge on any atom is 0.340 e. The molecule has 0 atom stereocenters. The fourth-order valence-corrected chi connectivity index (χ4v) is 3.78. The third-order valence-corrected chi connectivity index (χ3v) is 5.08. The summed E-state index contributed by atoms with van der Waals surface area (Å²) in [5.41, 5.74) is 5.25. The van der Waals surface area contributed by atoms with Gasteiger partial charge in [0.2, 0.25) is 0 Å². The van der Waals surface area contributed by atoms with Gasteiger partial charge in [0.15, 0.2) is 0 Å². The number of carbonyl (C=O) groups is 1. The van der Waals surface area contributed by atoms with Crippen LogP contribution in [0.4, 0.5) is 4.39 Å². The van der Waals surface area contributed by atoms with Gasteiger partial charge >= 0.3 is 5.97 Å². The molecule has 4 nitrogen and oxygen atoms in total. The van der Waals surface area contributed by atoms with E-state index in [9.17, 15) is 9.18 Å². The molecule has 152 valence electrons. The Morgan fingerprint density at radius 1 is 1.00 bits per heavy atom. The molecule has 0 bridgehead atoms. The van der Waals surface area contributed by atoms with Crippen molar-refractivity contribution < 1.29 is 13.9 Å². The number of benzene rings is 2. The number of aromatic nitrogens is 2. The minimum Gasteiger partial charge on any atom is -0.462 e. The van der Waals surface area contributed by atoms with Crippen LogP contribution in [-0.4, -0.2) is 22.2 Å². The smallest absolute Gasteiger partial charge is 0.340 e. The molecule has 2 aromatic carbocycles. The third kappa shape index (κ3) is 3.47. The fourth-order valence-electron chi connectivity index (χ4n) is 3.78. The van der Waals surface area contributed by atoms with Crippen molar-refractivity contribution in [1.29, 1.82) is 0 Å². The summed E-state index contributed by atoms with van der Waals surface area (Å²) >= 11 is 0. The van der Waals surface area contributed by atoms with E-state index >= 15 is 0 Å². The number of esters is 1. The van der Waals surface area contributed by atoms with Crippen molar-refractivity contribution >= 4 is 11.5 Å². The first-order valence-corrected chi connectivity index (χ1v) is 10.0. The van der Waals surface area contributed by atoms with Crippen LogP contribution in [0.15, 0.2) is 66.7 Å². The summed E-state index contributed by atoms with van der Waals surface area (Å²) in [6.45, 7) is 6.13. The molecule has 4 rings (SSSR count). The summed E-state index contributed by atoms with van der Waals surface area (Å²) in [6, 6.07) is 20.0. The van der Waals surface area contributed by atoms with Crippen LogP contribution in [0.3, 0.4) is 0 Å². The van der Waals surface area contributed by atoms with Crippen molar-refractivity contribution in [2.75, 3.05) is 6.61 Å². The van der Waals surface area contributed by atoms with E-state index in [1.165, 1.54) is 12.1 Å². The second-order valence-electron chi connectivity index (χ2n) is 7.40. The van der Waals surface area contributed by atoms with Crippen molar-refractivity contribution in [1.82, 2.24) is 9.61 Å². The minimum atomic E-state index is -0.419. The van der Waals surface area contributed by atoms with Crippen molar-refractivity contribution in [2.24, 2.45) is 0 Å². The maximum absolute atomic E-state index is 13.6. The molecule has 0 aliphatic carbocycles. The van der Waals surface area contributed by atoms with Gasteiger partial charge < -0.3 is 4.74 Å². The predicted octanol–water partition coefficient (Wildman–Crippen LogP) is 6.11. The van der Waals surface area contributed by atoms with E-state index in [-0.39, 0.29) is 18.3 Å². The average Bonchev–Trinajstić information content (AvgIpc) is 3.17. The highest BCUT2D eigenvalue weighted by atomic mass is 19.1. The molecular weight excluding hydrogens is 379 g/mol. The second-order valence-corrected chi connectivity index (χ2v) is 7.40. The number of ether oxygens (including phenoxy) is 1. The lowest BCUT2D eigenvalue weighted by Crippen LogP contribution is -2.15. The van der Waals surface area contributed by atoms with Gasteiger partial charge in [-0.15, -0.1) is 0 Å². The first-order chi connectivity index (χ1) is 14.5. The molecule has 0 amide bonds. The quantitative estimate of drug-likeness (QED) is 0.378. The molecule has 0 N–H and O–H groups in total. The van der Waals surface area contributed by atoms with E-state index in [2.05, 4.69) is 0 Å². The Morgan fingerprint density at radius 3 is 2.33 bits per heavy atom. The molecule has 0 saturated carbocycles. The number of carbonyl (C=O) groups excluding carboxylic acids is 1. The predicted molar refractivity (Wildman–Crippen MR) is 116 cm³/mol. The Hall–Kier alpha value is -3.47. The molecule has 4 aromatic rings. The summed E-state index contributed by atoms with van der Waals surface area (Å²) in [4.78, 5) is 13.0. The molecule has 2 heterocycles. The van der Waals surface area contributed by atoms with Crippen molar-refractivity contribution in [3.8, 4) is 22.5 Å². The molecule has 0 saturated heterocycles. The Morgan fingerprint density at radius 2 is 1.70 bits per heavy atom. The van der Waals surface area contributed by atoms with Gasteiger partial charge in [0.25, 0.3) is 0 Å². The SMILES string of the molecule is CCOC(=O)c1c(-c2ccc(F)cc2)nn2c(-c3ccccc3)ccc2c1C(C)C. The summed E-state index contributed by atoms with van der Waals surface area (Å²) in [5, 5.41) is 4.85. The van der Waals surface area contributed by atoms with E-state index < -0.39 is 5.97 Å². The Balaban J connectivity index is 2.08. The van der Waals surface area contributed by atoms with Gasteiger partial charge in [0, 0.05) is 11.1 Å². The average molecular weight is 402 g/mol. The van der Waals surface area contributed by atoms with E-state index in [0.29, 0.717) is 16.8 Å². The highest BCUT2D eigenvalue weighted by Crippen LogP contribution is 2.35. The number of hydrogen-bond acceptors (Lipinski definition) is 3. The zero-order chi connectivity index (χ0) is 21.3. The summed E-state index contributed by atoms with van der Waals surface area (Å²) in [5.74, 6) is -0.710. The highest BCUT2D eigenvalue weighted by Gasteiger charge is 2.26. The van der Waals surface area contributed by atoms with Gasteiger partial charge in [-0.25, -0.2) is 13.7 Å². The van der Waals surface area contributed by atoms with Crippen LogP contribution in [0.5, 0.6) is 0 Å². The fraction of sp³-hybridized carbons (Fsp3) is 0.200. The van der Waals surface area contributed by atoms with Crippen LogP contribution in [0, 0.1) is 5.82 Å². The molecule has 2 aromatic heterocycles. The number of hydrogen-bond donors (Lipinski definition) is 0. The van der Waals surface area contributed by atoms with Crippen LogP contribution < -0.4 is 0 Å². The van der Waals surface area contributed by atoms with Gasteiger partial charge in [0.05, 0.1) is 23.4 Å². The molecule has 30 heavy (non-hydrogen) atoms. The second kappa shape index (κ2) is 8.11. The standard InChI is InChI=1S/C25H23FN2O2/c1-4-30-25(29)23-22(16(2)3)21-15-14-20(17-8-6-5-7-9-17)28(21)27-24(23)18-10-12-19(26)13-11-18/h5-16H,4H2,1-3H3. The van der Waals surface area contributed by atoms with Crippen molar-refractivity contribution in [2.45, 2.75) is 26.7 Å². The normalized spacial score (nSPS) is 11.2. The van der Waals surface area contributed by atoms with Crippen LogP contribution in [-0.2, 0) is 4.74 Å². The first kappa shape index (κ1) is 19.8. The topological polar surface area (TPSA) is 43.6 Å². The lowest BCUT2D eigenvalue weighted by atomic mass is 9.93. The van der Waals surface area contributed by atoms with Crippen LogP contribution in [0.1, 0.15) is 42.6 Å². The molecule has 0 aliphatic rings. The molecule has 0 radical (unpaired) electrons. The highest BCUT2D eigenvalue weighted by molar-refractivity contribution is 6.00. The molecule has 0 aliphatic heterocycles. The van der Waals surface area contributed by atoms with Crippen LogP contribution in [0.2, 0.25) is 0 Å². The van der Waals surface area contributed by atoms with E-state index in [0.717, 1.165) is 22.3 Å². The lowest BCUT2D eigenvalue weighted by molar-refractivity contribution is 0.0525. The Bertz CT molecular complexity index is 1200. The van der Waals surface area contributed by atoms with Crippen LogP contribution in [0.25, 0.3) is 28.0 Å². The van der Waals surface area contributed by atoms with Crippen molar-refractivity contribution in [3.05, 3.63) is 83.7 Å². The first-order valence-electron chi connectivity index (χ1n) is 10.0. The van der Waals surface area contributed by atoms with Gasteiger partial charge in [-0.1, -0.05) is 44.2 Å². The molecule has 0 spiro atoms. The zero-order valence-electron chi connectivity index (χ0n) is 17.2. The summed E-state index contributed by atoms with van der Waals surface area (Å²) < 4.78 is 20.8.